The number of hydrogen-bond acceptors (Lipinski definition) is 7. The first-order valence-electron chi connectivity index (χ1n) is 10.6. The van der Waals surface area contributed by atoms with Crippen molar-refractivity contribution in [3.05, 3.63) is 71.5 Å². The summed E-state index contributed by atoms with van der Waals surface area (Å²) in [6.07, 6.45) is 1.56. The maximum atomic E-state index is 12.6. The number of piperazine rings is 1. The van der Waals surface area contributed by atoms with Crippen molar-refractivity contribution in [3.8, 4) is 0 Å². The van der Waals surface area contributed by atoms with Gasteiger partial charge in [0.1, 0.15) is 11.5 Å². The van der Waals surface area contributed by atoms with Crippen LogP contribution >= 0.6 is 0 Å². The summed E-state index contributed by atoms with van der Waals surface area (Å²) >= 11 is 0. The Morgan fingerprint density at radius 2 is 1.84 bits per heavy atom. The Kier molecular flexibility index (Phi) is 6.98. The van der Waals surface area contributed by atoms with Crippen molar-refractivity contribution in [1.82, 2.24) is 20.3 Å². The summed E-state index contributed by atoms with van der Waals surface area (Å²) in [5, 5.41) is 9.74. The first-order valence-corrected chi connectivity index (χ1v) is 10.6. The van der Waals surface area contributed by atoms with Crippen LogP contribution in [-0.4, -0.2) is 59.5 Å². The van der Waals surface area contributed by atoms with Crippen molar-refractivity contribution >= 4 is 17.5 Å². The molecule has 4 rings (SSSR count). The van der Waals surface area contributed by atoms with Crippen LogP contribution in [0.15, 0.2) is 57.7 Å². The van der Waals surface area contributed by atoms with Crippen molar-refractivity contribution < 1.29 is 18.5 Å². The van der Waals surface area contributed by atoms with E-state index in [9.17, 15) is 9.59 Å². The third kappa shape index (κ3) is 5.83. The van der Waals surface area contributed by atoms with Crippen LogP contribution in [0.25, 0.3) is 0 Å². The average Bonchev–Trinajstić information content (AvgIpc) is 3.45. The van der Waals surface area contributed by atoms with Crippen LogP contribution in [0.5, 0.6) is 0 Å². The summed E-state index contributed by atoms with van der Waals surface area (Å²) in [6.45, 7) is 6.47. The van der Waals surface area contributed by atoms with E-state index in [0.717, 1.165) is 44.2 Å². The monoisotopic (exact) mass is 437 g/mol. The summed E-state index contributed by atoms with van der Waals surface area (Å²) in [5.41, 5.74) is 1.84. The van der Waals surface area contributed by atoms with Crippen molar-refractivity contribution in [2.24, 2.45) is 0 Å². The minimum Gasteiger partial charge on any atom is -0.467 e. The van der Waals surface area contributed by atoms with Gasteiger partial charge < -0.3 is 19.6 Å². The van der Waals surface area contributed by atoms with E-state index in [2.05, 4.69) is 25.6 Å². The van der Waals surface area contributed by atoms with E-state index in [1.165, 1.54) is 0 Å². The minimum absolute atomic E-state index is 0.142. The molecule has 0 bridgehead atoms. The molecule has 1 aliphatic heterocycles. The number of nitrogens with zero attached hydrogens (tertiary/aromatic N) is 3. The Hall–Kier alpha value is -3.43. The molecular weight excluding hydrogens is 410 g/mol. The van der Waals surface area contributed by atoms with Gasteiger partial charge in [0, 0.05) is 38.8 Å². The highest BCUT2D eigenvalue weighted by atomic mass is 16.5. The third-order valence-corrected chi connectivity index (χ3v) is 5.34. The van der Waals surface area contributed by atoms with Gasteiger partial charge in [0.2, 0.25) is 5.91 Å². The molecule has 3 aromatic rings. The first-order chi connectivity index (χ1) is 15.6. The third-order valence-electron chi connectivity index (χ3n) is 5.34. The molecular formula is C23H27N5O4. The maximum absolute atomic E-state index is 12.6. The van der Waals surface area contributed by atoms with E-state index in [0.29, 0.717) is 17.0 Å². The number of aryl methyl sites for hydroxylation is 1. The zero-order valence-corrected chi connectivity index (χ0v) is 18.0. The maximum Gasteiger partial charge on any atom is 0.253 e. The highest BCUT2D eigenvalue weighted by molar-refractivity contribution is 6.04. The molecule has 9 heteroatoms. The Bertz CT molecular complexity index is 1040. The van der Waals surface area contributed by atoms with Gasteiger partial charge in [-0.1, -0.05) is 17.3 Å². The molecule has 2 amide bonds. The van der Waals surface area contributed by atoms with Crippen molar-refractivity contribution in [2.75, 3.05) is 38.0 Å². The van der Waals surface area contributed by atoms with E-state index < -0.39 is 0 Å². The van der Waals surface area contributed by atoms with Gasteiger partial charge in [0.05, 0.1) is 36.3 Å². The molecule has 0 spiro atoms. The predicted molar refractivity (Wildman–Crippen MR) is 118 cm³/mol. The fourth-order valence-electron chi connectivity index (χ4n) is 3.69. The molecule has 1 aromatic carbocycles. The van der Waals surface area contributed by atoms with Gasteiger partial charge in [0.15, 0.2) is 0 Å². The minimum atomic E-state index is -0.269. The molecule has 0 radical (unpaired) electrons. The van der Waals surface area contributed by atoms with Crippen LogP contribution in [0.2, 0.25) is 0 Å². The van der Waals surface area contributed by atoms with Crippen LogP contribution in [-0.2, 0) is 17.9 Å². The number of nitrogens with one attached hydrogen (secondary N) is 2. The van der Waals surface area contributed by atoms with E-state index >= 15 is 0 Å². The number of anilines is 1. The van der Waals surface area contributed by atoms with Crippen LogP contribution in [0.3, 0.4) is 0 Å². The molecule has 3 heterocycles. The van der Waals surface area contributed by atoms with E-state index in [1.807, 2.05) is 13.0 Å². The average molecular weight is 438 g/mol. The lowest BCUT2D eigenvalue weighted by Crippen LogP contribution is -2.48. The summed E-state index contributed by atoms with van der Waals surface area (Å²) in [7, 11) is 0. The lowest BCUT2D eigenvalue weighted by molar-refractivity contribution is -0.117. The smallest absolute Gasteiger partial charge is 0.253 e. The van der Waals surface area contributed by atoms with Crippen LogP contribution in [0, 0.1) is 6.92 Å². The molecule has 1 saturated heterocycles. The van der Waals surface area contributed by atoms with Gasteiger partial charge >= 0.3 is 0 Å². The molecule has 32 heavy (non-hydrogen) atoms. The molecule has 0 atom stereocenters. The first kappa shape index (κ1) is 21.8. The Balaban J connectivity index is 1.26. The molecule has 0 saturated carbocycles. The second-order valence-electron chi connectivity index (χ2n) is 7.84. The molecule has 0 aliphatic carbocycles. The van der Waals surface area contributed by atoms with Gasteiger partial charge in [-0.2, -0.15) is 0 Å². The fraction of sp³-hybridized carbons (Fsp3) is 0.348. The van der Waals surface area contributed by atoms with E-state index in [1.54, 1.807) is 42.7 Å². The second-order valence-corrected chi connectivity index (χ2v) is 7.84. The summed E-state index contributed by atoms with van der Waals surface area (Å²) in [5.74, 6) is 1.06. The van der Waals surface area contributed by atoms with Gasteiger partial charge in [-0.25, -0.2) is 0 Å². The quantitative estimate of drug-likeness (QED) is 0.557. The standard InChI is InChI=1S/C23H27N5O4/c1-17-13-18(26-32-17)15-27-8-10-28(11-9-27)16-22(29)25-21-7-3-2-6-20(21)23(30)24-14-19-5-4-12-31-19/h2-7,12-13H,8-11,14-16H2,1H3,(H,24,30)(H,25,29). The molecule has 0 unspecified atom stereocenters. The summed E-state index contributed by atoms with van der Waals surface area (Å²) in [4.78, 5) is 29.6. The summed E-state index contributed by atoms with van der Waals surface area (Å²) < 4.78 is 10.4. The largest absolute Gasteiger partial charge is 0.467 e. The molecule has 9 nitrogen and oxygen atoms in total. The van der Waals surface area contributed by atoms with E-state index in [-0.39, 0.29) is 24.9 Å². The molecule has 168 valence electrons. The molecule has 2 N–H and O–H groups in total. The number of carbonyl (C=O) groups excluding carboxylic acids is 2. The number of benzene rings is 1. The highest BCUT2D eigenvalue weighted by Gasteiger charge is 2.21. The number of carbonyl (C=O) groups is 2. The Morgan fingerprint density at radius 1 is 1.06 bits per heavy atom. The second kappa shape index (κ2) is 10.3. The normalized spacial score (nSPS) is 14.9. The predicted octanol–water partition coefficient (Wildman–Crippen LogP) is 2.26. The summed E-state index contributed by atoms with van der Waals surface area (Å²) in [6, 6.07) is 12.5. The number of aromatic nitrogens is 1. The Labute approximate surface area is 186 Å². The molecule has 1 fully saturated rings. The van der Waals surface area contributed by atoms with E-state index in [4.69, 9.17) is 8.94 Å². The fourth-order valence-corrected chi connectivity index (χ4v) is 3.69. The zero-order chi connectivity index (χ0) is 22.3. The number of para-hydroxylation sites is 1. The Morgan fingerprint density at radius 3 is 2.56 bits per heavy atom. The lowest BCUT2D eigenvalue weighted by Gasteiger charge is -2.33. The molecule has 2 aromatic heterocycles. The molecule has 1 aliphatic rings. The van der Waals surface area contributed by atoms with Gasteiger partial charge in [-0.3, -0.25) is 19.4 Å². The number of hydrogen-bond donors (Lipinski definition) is 2. The van der Waals surface area contributed by atoms with Gasteiger partial charge in [0.25, 0.3) is 5.91 Å². The van der Waals surface area contributed by atoms with Crippen LogP contribution in [0.1, 0.15) is 27.6 Å². The number of rotatable bonds is 8. The van der Waals surface area contributed by atoms with Gasteiger partial charge in [-0.15, -0.1) is 0 Å². The van der Waals surface area contributed by atoms with Crippen LogP contribution < -0.4 is 10.6 Å². The number of furan rings is 1. The highest BCUT2D eigenvalue weighted by Crippen LogP contribution is 2.16. The number of amides is 2. The topological polar surface area (TPSA) is 104 Å². The lowest BCUT2D eigenvalue weighted by atomic mass is 10.1. The SMILES string of the molecule is Cc1cc(CN2CCN(CC(=O)Nc3ccccc3C(=O)NCc3ccco3)CC2)no1. The van der Waals surface area contributed by atoms with Gasteiger partial charge in [-0.05, 0) is 31.2 Å². The van der Waals surface area contributed by atoms with Crippen molar-refractivity contribution in [3.63, 3.8) is 0 Å². The zero-order valence-electron chi connectivity index (χ0n) is 18.0. The van der Waals surface area contributed by atoms with Crippen LogP contribution in [0.4, 0.5) is 5.69 Å². The van der Waals surface area contributed by atoms with Crippen molar-refractivity contribution in [1.29, 1.82) is 0 Å². The van der Waals surface area contributed by atoms with Crippen molar-refractivity contribution in [2.45, 2.75) is 20.0 Å².